The van der Waals surface area contributed by atoms with E-state index in [0.717, 1.165) is 25.1 Å². The van der Waals surface area contributed by atoms with Gasteiger partial charge in [-0.05, 0) is 36.3 Å². The molecule has 1 atom stereocenters. The van der Waals surface area contributed by atoms with Crippen LogP contribution < -0.4 is 10.5 Å². The second-order valence-electron chi connectivity index (χ2n) is 4.17. The van der Waals surface area contributed by atoms with Crippen molar-refractivity contribution in [3.8, 4) is 0 Å². The number of hydrogen-bond donors (Lipinski definition) is 2. The summed E-state index contributed by atoms with van der Waals surface area (Å²) in [5.74, 6) is 3.68. The number of nitrogens with zero attached hydrogens (tertiary/aromatic N) is 1. The average Bonchev–Trinajstić information content (AvgIpc) is 2.65. The first-order valence-electron chi connectivity index (χ1n) is 5.20. The SMILES string of the molecule is NCC1(CC2=NC[S+]([O-])N2)CCSCC1. The van der Waals surface area contributed by atoms with Crippen LogP contribution in [0.25, 0.3) is 0 Å². The molecular formula is C9H17N3OS2. The lowest BCUT2D eigenvalue weighted by atomic mass is 9.78. The molecule has 6 heteroatoms. The van der Waals surface area contributed by atoms with Crippen LogP contribution in [0.2, 0.25) is 0 Å². The highest BCUT2D eigenvalue weighted by Gasteiger charge is 2.34. The fraction of sp³-hybridized carbons (Fsp3) is 0.889. The Balaban J connectivity index is 1.95. The zero-order valence-corrected chi connectivity index (χ0v) is 10.3. The van der Waals surface area contributed by atoms with Crippen molar-refractivity contribution in [3.05, 3.63) is 0 Å². The molecule has 0 saturated carbocycles. The van der Waals surface area contributed by atoms with Gasteiger partial charge in [0.05, 0.1) is 11.4 Å². The number of nitrogens with two attached hydrogens (primary N) is 1. The first-order valence-corrected chi connectivity index (χ1v) is 7.68. The Morgan fingerprint density at radius 2 is 2.27 bits per heavy atom. The predicted octanol–water partition coefficient (Wildman–Crippen LogP) is 0.471. The summed E-state index contributed by atoms with van der Waals surface area (Å²) >= 11 is 1.02. The Hall–Kier alpha value is 0.0900. The second-order valence-corrected chi connectivity index (χ2v) is 6.55. The van der Waals surface area contributed by atoms with E-state index in [1.54, 1.807) is 0 Å². The minimum atomic E-state index is -0.977. The van der Waals surface area contributed by atoms with Crippen LogP contribution in [0.1, 0.15) is 19.3 Å². The van der Waals surface area contributed by atoms with E-state index in [1.165, 1.54) is 11.5 Å². The van der Waals surface area contributed by atoms with Crippen molar-refractivity contribution >= 4 is 29.0 Å². The predicted molar refractivity (Wildman–Crippen MR) is 66.2 cm³/mol. The van der Waals surface area contributed by atoms with E-state index in [-0.39, 0.29) is 5.41 Å². The van der Waals surface area contributed by atoms with Crippen LogP contribution in [0.3, 0.4) is 0 Å². The first-order chi connectivity index (χ1) is 7.24. The van der Waals surface area contributed by atoms with E-state index < -0.39 is 11.4 Å². The lowest BCUT2D eigenvalue weighted by Gasteiger charge is -2.35. The summed E-state index contributed by atoms with van der Waals surface area (Å²) < 4.78 is 14.1. The third kappa shape index (κ3) is 2.81. The number of aliphatic imine (C=N–C) groups is 1. The van der Waals surface area contributed by atoms with Crippen molar-refractivity contribution in [2.24, 2.45) is 16.1 Å². The van der Waals surface area contributed by atoms with Crippen molar-refractivity contribution in [1.29, 1.82) is 0 Å². The largest absolute Gasteiger partial charge is 0.591 e. The van der Waals surface area contributed by atoms with Crippen LogP contribution in [0.5, 0.6) is 0 Å². The van der Waals surface area contributed by atoms with Gasteiger partial charge in [0.1, 0.15) is 5.84 Å². The molecule has 0 spiro atoms. The van der Waals surface area contributed by atoms with E-state index in [1.807, 2.05) is 11.8 Å². The molecule has 2 aliphatic heterocycles. The van der Waals surface area contributed by atoms with Crippen molar-refractivity contribution in [2.45, 2.75) is 19.3 Å². The Kier molecular flexibility index (Phi) is 3.82. The van der Waals surface area contributed by atoms with Gasteiger partial charge in [-0.1, -0.05) is 0 Å². The zero-order valence-electron chi connectivity index (χ0n) is 8.70. The molecule has 86 valence electrons. The van der Waals surface area contributed by atoms with Crippen molar-refractivity contribution < 1.29 is 4.55 Å². The molecule has 1 fully saturated rings. The molecule has 0 aromatic carbocycles. The molecule has 2 aliphatic rings. The van der Waals surface area contributed by atoms with Crippen molar-refractivity contribution in [3.63, 3.8) is 0 Å². The molecule has 4 nitrogen and oxygen atoms in total. The summed E-state index contributed by atoms with van der Waals surface area (Å²) in [6.07, 6.45) is 3.18. The molecule has 15 heavy (non-hydrogen) atoms. The molecule has 2 rings (SSSR count). The topological polar surface area (TPSA) is 73.5 Å². The molecule has 1 unspecified atom stereocenters. The van der Waals surface area contributed by atoms with Gasteiger partial charge in [-0.2, -0.15) is 16.5 Å². The summed E-state index contributed by atoms with van der Waals surface area (Å²) in [7, 11) is 0. The molecule has 0 aliphatic carbocycles. The fourth-order valence-electron chi connectivity index (χ4n) is 2.04. The lowest BCUT2D eigenvalue weighted by Crippen LogP contribution is -2.39. The summed E-state index contributed by atoms with van der Waals surface area (Å²) in [5, 5.41) is 0. The molecule has 2 heterocycles. The number of amidine groups is 1. The third-order valence-electron chi connectivity index (χ3n) is 3.13. The summed E-state index contributed by atoms with van der Waals surface area (Å²) in [4.78, 5) is 4.25. The van der Waals surface area contributed by atoms with E-state index >= 15 is 0 Å². The average molecular weight is 247 g/mol. The van der Waals surface area contributed by atoms with Crippen LogP contribution in [-0.2, 0) is 11.4 Å². The zero-order chi connectivity index (χ0) is 10.7. The molecule has 0 radical (unpaired) electrons. The number of nitrogens with one attached hydrogen (secondary N) is 1. The Morgan fingerprint density at radius 3 is 2.80 bits per heavy atom. The standard InChI is InChI=1S/C9H17N3OS2/c10-6-9(1-3-14-4-2-9)5-8-11-7-15(13)12-8/h1-7,10H2,(H,11,12). The lowest BCUT2D eigenvalue weighted by molar-refractivity contribution is 0.283. The van der Waals surface area contributed by atoms with Crippen LogP contribution in [0.4, 0.5) is 0 Å². The normalized spacial score (nSPS) is 29.7. The number of hydrogen-bond acceptors (Lipinski definition) is 5. The monoisotopic (exact) mass is 247 g/mol. The summed E-state index contributed by atoms with van der Waals surface area (Å²) in [6, 6.07) is 0. The van der Waals surface area contributed by atoms with Crippen molar-refractivity contribution in [1.82, 2.24) is 4.72 Å². The highest BCUT2D eigenvalue weighted by atomic mass is 32.2. The molecule has 1 saturated heterocycles. The van der Waals surface area contributed by atoms with Crippen LogP contribution in [0.15, 0.2) is 4.99 Å². The van der Waals surface area contributed by atoms with Gasteiger partial charge < -0.3 is 10.3 Å². The van der Waals surface area contributed by atoms with Gasteiger partial charge in [-0.3, -0.25) is 0 Å². The van der Waals surface area contributed by atoms with E-state index in [9.17, 15) is 4.55 Å². The minimum Gasteiger partial charge on any atom is -0.591 e. The minimum absolute atomic E-state index is 0.200. The van der Waals surface area contributed by atoms with Gasteiger partial charge in [0.2, 0.25) is 5.88 Å². The molecule has 0 amide bonds. The smallest absolute Gasteiger partial charge is 0.222 e. The van der Waals surface area contributed by atoms with Gasteiger partial charge in [0, 0.05) is 6.42 Å². The highest BCUT2D eigenvalue weighted by molar-refractivity contribution is 7.99. The van der Waals surface area contributed by atoms with Crippen LogP contribution >= 0.6 is 11.8 Å². The first kappa shape index (κ1) is 11.6. The van der Waals surface area contributed by atoms with Gasteiger partial charge >= 0.3 is 0 Å². The molecule has 0 aromatic rings. The highest BCUT2D eigenvalue weighted by Crippen LogP contribution is 2.37. The van der Waals surface area contributed by atoms with E-state index in [2.05, 4.69) is 9.71 Å². The maximum absolute atomic E-state index is 11.1. The molecule has 3 N–H and O–H groups in total. The third-order valence-corrected chi connectivity index (χ3v) is 4.95. The van der Waals surface area contributed by atoms with Crippen LogP contribution in [0, 0.1) is 5.41 Å². The molecule has 0 bridgehead atoms. The number of rotatable bonds is 3. The van der Waals surface area contributed by atoms with Gasteiger partial charge in [-0.25, -0.2) is 4.99 Å². The maximum Gasteiger partial charge on any atom is 0.222 e. The maximum atomic E-state index is 11.1. The fourth-order valence-corrected chi connectivity index (χ4v) is 4.13. The molecular weight excluding hydrogens is 230 g/mol. The number of thioether (sulfide) groups is 1. The van der Waals surface area contributed by atoms with Gasteiger partial charge in [0.25, 0.3) is 0 Å². The van der Waals surface area contributed by atoms with Gasteiger partial charge in [0.15, 0.2) is 0 Å². The second kappa shape index (κ2) is 4.95. The Bertz CT molecular complexity index is 254. The Labute approximate surface area is 97.8 Å². The van der Waals surface area contributed by atoms with Gasteiger partial charge in [-0.15, -0.1) is 0 Å². The Morgan fingerprint density at radius 1 is 1.53 bits per heavy atom. The summed E-state index contributed by atoms with van der Waals surface area (Å²) in [5.41, 5.74) is 6.08. The van der Waals surface area contributed by atoms with E-state index in [0.29, 0.717) is 12.4 Å². The summed E-state index contributed by atoms with van der Waals surface area (Å²) in [6.45, 7) is 0.709. The van der Waals surface area contributed by atoms with Crippen LogP contribution in [-0.4, -0.2) is 34.3 Å². The quantitative estimate of drug-likeness (QED) is 0.711. The van der Waals surface area contributed by atoms with Crippen molar-refractivity contribution in [2.75, 3.05) is 23.9 Å². The van der Waals surface area contributed by atoms with E-state index in [4.69, 9.17) is 5.73 Å². The molecule has 0 aromatic heterocycles.